The fourth-order valence-electron chi connectivity index (χ4n) is 3.44. The summed E-state index contributed by atoms with van der Waals surface area (Å²) in [6.07, 6.45) is 0.256. The number of imide groups is 1. The zero-order valence-corrected chi connectivity index (χ0v) is 16.0. The van der Waals surface area contributed by atoms with Crippen LogP contribution >= 0.6 is 0 Å². The van der Waals surface area contributed by atoms with Crippen molar-refractivity contribution in [2.45, 2.75) is 13.0 Å². The monoisotopic (exact) mass is 384 g/mol. The van der Waals surface area contributed by atoms with E-state index in [9.17, 15) is 14.4 Å². The lowest BCUT2D eigenvalue weighted by atomic mass is 10.1. The Hall–Kier alpha value is -3.73. The van der Waals surface area contributed by atoms with Crippen molar-refractivity contribution in [3.05, 3.63) is 101 Å². The van der Waals surface area contributed by atoms with Crippen molar-refractivity contribution in [2.75, 3.05) is 11.9 Å². The minimum atomic E-state index is -0.322. The van der Waals surface area contributed by atoms with Gasteiger partial charge in [-0.05, 0) is 35.4 Å². The summed E-state index contributed by atoms with van der Waals surface area (Å²) in [6, 6.07) is 23.6. The van der Waals surface area contributed by atoms with Gasteiger partial charge >= 0.3 is 0 Å². The van der Waals surface area contributed by atoms with E-state index in [1.54, 1.807) is 60.5 Å². The summed E-state index contributed by atoms with van der Waals surface area (Å²) in [7, 11) is 1.78. The standard InChI is InChI=1S/C24H20N2O3/c1-25(16-18-7-3-2-4-8-18)22(27)15-17-11-13-19(14-12-17)26-23(28)20-9-5-6-10-21(20)24(26)29/h2-14H,15-16H2,1H3. The number of nitrogens with zero attached hydrogens (tertiary/aromatic N) is 2. The van der Waals surface area contributed by atoms with Crippen molar-refractivity contribution in [1.82, 2.24) is 4.90 Å². The molecule has 4 rings (SSSR count). The van der Waals surface area contributed by atoms with Gasteiger partial charge in [0.1, 0.15) is 0 Å². The lowest BCUT2D eigenvalue weighted by Crippen LogP contribution is -2.29. The molecule has 3 aromatic carbocycles. The molecule has 0 radical (unpaired) electrons. The first kappa shape index (κ1) is 18.6. The van der Waals surface area contributed by atoms with Crippen LogP contribution in [0.25, 0.3) is 0 Å². The van der Waals surface area contributed by atoms with E-state index in [-0.39, 0.29) is 24.1 Å². The van der Waals surface area contributed by atoms with Gasteiger partial charge in [0.25, 0.3) is 11.8 Å². The number of hydrogen-bond donors (Lipinski definition) is 0. The smallest absolute Gasteiger partial charge is 0.266 e. The third kappa shape index (κ3) is 3.67. The molecular formula is C24H20N2O3. The van der Waals surface area contributed by atoms with Gasteiger partial charge in [-0.1, -0.05) is 54.6 Å². The minimum Gasteiger partial charge on any atom is -0.341 e. The number of likely N-dealkylation sites (N-methyl/N-ethyl adjacent to an activating group) is 1. The quantitative estimate of drug-likeness (QED) is 0.631. The van der Waals surface area contributed by atoms with Crippen LogP contribution in [0.4, 0.5) is 5.69 Å². The van der Waals surface area contributed by atoms with Gasteiger partial charge in [0.05, 0.1) is 23.2 Å². The highest BCUT2D eigenvalue weighted by Crippen LogP contribution is 2.28. The summed E-state index contributed by atoms with van der Waals surface area (Å²) in [5.41, 5.74) is 3.24. The molecule has 0 spiro atoms. The number of rotatable bonds is 5. The van der Waals surface area contributed by atoms with Gasteiger partial charge in [0.15, 0.2) is 0 Å². The molecule has 29 heavy (non-hydrogen) atoms. The Morgan fingerprint density at radius 2 is 1.31 bits per heavy atom. The Morgan fingerprint density at radius 3 is 1.90 bits per heavy atom. The van der Waals surface area contributed by atoms with Gasteiger partial charge in [-0.3, -0.25) is 14.4 Å². The molecule has 0 aromatic heterocycles. The number of amides is 3. The number of carbonyl (C=O) groups is 3. The Balaban J connectivity index is 1.44. The first-order chi connectivity index (χ1) is 14.0. The summed E-state index contributed by atoms with van der Waals surface area (Å²) < 4.78 is 0. The predicted octanol–water partition coefficient (Wildman–Crippen LogP) is 3.69. The maximum absolute atomic E-state index is 12.6. The SMILES string of the molecule is CN(Cc1ccccc1)C(=O)Cc1ccc(N2C(=O)c3ccccc3C2=O)cc1. The maximum Gasteiger partial charge on any atom is 0.266 e. The van der Waals surface area contributed by atoms with Crippen molar-refractivity contribution >= 4 is 23.4 Å². The molecular weight excluding hydrogens is 364 g/mol. The molecule has 3 aromatic rings. The highest BCUT2D eigenvalue weighted by Gasteiger charge is 2.36. The second kappa shape index (κ2) is 7.72. The maximum atomic E-state index is 12.6. The number of fused-ring (bicyclic) bond motifs is 1. The van der Waals surface area contributed by atoms with E-state index in [2.05, 4.69) is 0 Å². The predicted molar refractivity (Wildman–Crippen MR) is 111 cm³/mol. The Bertz CT molecular complexity index is 1040. The van der Waals surface area contributed by atoms with Crippen molar-refractivity contribution in [3.8, 4) is 0 Å². The van der Waals surface area contributed by atoms with Gasteiger partial charge in [-0.15, -0.1) is 0 Å². The highest BCUT2D eigenvalue weighted by molar-refractivity contribution is 6.34. The molecule has 144 valence electrons. The second-order valence-corrected chi connectivity index (χ2v) is 7.07. The summed E-state index contributed by atoms with van der Waals surface area (Å²) in [5.74, 6) is -0.642. The molecule has 3 amide bonds. The third-order valence-electron chi connectivity index (χ3n) is 5.03. The molecule has 0 atom stereocenters. The summed E-state index contributed by atoms with van der Waals surface area (Å²) in [6.45, 7) is 0.548. The van der Waals surface area contributed by atoms with Gasteiger partial charge in [-0.25, -0.2) is 4.90 Å². The second-order valence-electron chi connectivity index (χ2n) is 7.07. The zero-order valence-electron chi connectivity index (χ0n) is 16.0. The summed E-state index contributed by atoms with van der Waals surface area (Å²) in [4.78, 5) is 40.5. The van der Waals surface area contributed by atoms with E-state index >= 15 is 0 Å². The molecule has 0 bridgehead atoms. The molecule has 5 nitrogen and oxygen atoms in total. The number of benzene rings is 3. The van der Waals surface area contributed by atoms with Crippen LogP contribution in [0.2, 0.25) is 0 Å². The molecule has 0 unspecified atom stereocenters. The molecule has 0 aliphatic carbocycles. The fraction of sp³-hybridized carbons (Fsp3) is 0.125. The summed E-state index contributed by atoms with van der Waals surface area (Å²) >= 11 is 0. The molecule has 1 heterocycles. The highest BCUT2D eigenvalue weighted by atomic mass is 16.2. The normalized spacial score (nSPS) is 12.8. The van der Waals surface area contributed by atoms with Gasteiger partial charge in [-0.2, -0.15) is 0 Å². The number of carbonyl (C=O) groups excluding carboxylic acids is 3. The first-order valence-corrected chi connectivity index (χ1v) is 9.39. The van der Waals surface area contributed by atoms with Gasteiger partial charge in [0.2, 0.25) is 5.91 Å². The lowest BCUT2D eigenvalue weighted by Gasteiger charge is -2.18. The van der Waals surface area contributed by atoms with E-state index in [0.29, 0.717) is 23.4 Å². The molecule has 0 saturated heterocycles. The van der Waals surface area contributed by atoms with Gasteiger partial charge in [0, 0.05) is 13.6 Å². The minimum absolute atomic E-state index is 0.00216. The Labute approximate surface area is 169 Å². The molecule has 0 N–H and O–H groups in total. The van der Waals surface area contributed by atoms with Gasteiger partial charge < -0.3 is 4.90 Å². The van der Waals surface area contributed by atoms with E-state index in [1.165, 1.54) is 4.90 Å². The average molecular weight is 384 g/mol. The number of hydrogen-bond acceptors (Lipinski definition) is 3. The molecule has 5 heteroatoms. The molecule has 1 aliphatic rings. The van der Waals surface area contributed by atoms with Crippen LogP contribution in [-0.2, 0) is 17.8 Å². The van der Waals surface area contributed by atoms with Crippen LogP contribution in [0.5, 0.6) is 0 Å². The van der Waals surface area contributed by atoms with Crippen LogP contribution in [-0.4, -0.2) is 29.7 Å². The largest absolute Gasteiger partial charge is 0.341 e. The molecule has 0 saturated carbocycles. The van der Waals surface area contributed by atoms with Crippen molar-refractivity contribution in [2.24, 2.45) is 0 Å². The fourth-order valence-corrected chi connectivity index (χ4v) is 3.44. The third-order valence-corrected chi connectivity index (χ3v) is 5.03. The van der Waals surface area contributed by atoms with Crippen molar-refractivity contribution in [3.63, 3.8) is 0 Å². The lowest BCUT2D eigenvalue weighted by molar-refractivity contribution is -0.129. The first-order valence-electron chi connectivity index (χ1n) is 9.39. The topological polar surface area (TPSA) is 57.7 Å². The zero-order chi connectivity index (χ0) is 20.4. The van der Waals surface area contributed by atoms with Crippen LogP contribution in [0, 0.1) is 0 Å². The Kier molecular flexibility index (Phi) is 4.96. The van der Waals surface area contributed by atoms with E-state index < -0.39 is 0 Å². The van der Waals surface area contributed by atoms with Crippen LogP contribution in [0.1, 0.15) is 31.8 Å². The van der Waals surface area contributed by atoms with Crippen LogP contribution in [0.15, 0.2) is 78.9 Å². The van der Waals surface area contributed by atoms with Crippen molar-refractivity contribution in [1.29, 1.82) is 0 Å². The molecule has 0 fully saturated rings. The number of anilines is 1. The van der Waals surface area contributed by atoms with Crippen LogP contribution < -0.4 is 4.90 Å². The average Bonchev–Trinajstić information content (AvgIpc) is 3.00. The van der Waals surface area contributed by atoms with E-state index in [4.69, 9.17) is 0 Å². The van der Waals surface area contributed by atoms with E-state index in [1.807, 2.05) is 30.3 Å². The van der Waals surface area contributed by atoms with Crippen molar-refractivity contribution < 1.29 is 14.4 Å². The van der Waals surface area contributed by atoms with E-state index in [0.717, 1.165) is 11.1 Å². The molecule has 1 aliphatic heterocycles. The Morgan fingerprint density at radius 1 is 0.759 bits per heavy atom. The summed E-state index contributed by atoms with van der Waals surface area (Å²) in [5, 5.41) is 0. The van der Waals surface area contributed by atoms with Crippen LogP contribution in [0.3, 0.4) is 0 Å².